The van der Waals surface area contributed by atoms with Crippen molar-refractivity contribution < 1.29 is 4.42 Å². The Morgan fingerprint density at radius 1 is 1.32 bits per heavy atom. The molecular formula is C21H33N5OS. The number of nitrogens with zero attached hydrogens (tertiary/aromatic N) is 3. The van der Waals surface area contributed by atoms with E-state index >= 15 is 0 Å². The van der Waals surface area contributed by atoms with Crippen LogP contribution in [0.1, 0.15) is 53.6 Å². The Balaban J connectivity index is 1.51. The van der Waals surface area contributed by atoms with Gasteiger partial charge in [0.05, 0.1) is 23.0 Å². The zero-order valence-corrected chi connectivity index (χ0v) is 18.1. The van der Waals surface area contributed by atoms with E-state index in [2.05, 4.69) is 40.4 Å². The summed E-state index contributed by atoms with van der Waals surface area (Å²) in [5.74, 6) is 1.85. The van der Waals surface area contributed by atoms with Crippen molar-refractivity contribution in [3.8, 4) is 0 Å². The molecule has 1 aliphatic heterocycles. The topological polar surface area (TPSA) is 65.7 Å². The minimum absolute atomic E-state index is 0.238. The number of likely N-dealkylation sites (tertiary alicyclic amines) is 1. The van der Waals surface area contributed by atoms with Gasteiger partial charge in [0.15, 0.2) is 5.96 Å². The third-order valence-electron chi connectivity index (χ3n) is 5.29. The third kappa shape index (κ3) is 5.58. The summed E-state index contributed by atoms with van der Waals surface area (Å²) in [5.41, 5.74) is 1.23. The van der Waals surface area contributed by atoms with Crippen LogP contribution in [-0.2, 0) is 12.8 Å². The van der Waals surface area contributed by atoms with Crippen LogP contribution in [0.2, 0.25) is 0 Å². The molecule has 0 aliphatic carbocycles. The van der Waals surface area contributed by atoms with E-state index in [1.165, 1.54) is 34.8 Å². The number of aliphatic imine (C=N–C) groups is 1. The fraction of sp³-hybridized carbons (Fsp3) is 0.619. The maximum absolute atomic E-state index is 5.73. The van der Waals surface area contributed by atoms with Crippen molar-refractivity contribution in [2.45, 2.75) is 52.0 Å². The maximum Gasteiger partial charge on any atom is 0.191 e. The zero-order chi connectivity index (χ0) is 19.8. The highest BCUT2D eigenvalue weighted by molar-refractivity contribution is 7.11. The van der Waals surface area contributed by atoms with E-state index in [9.17, 15) is 0 Å². The van der Waals surface area contributed by atoms with Crippen molar-refractivity contribution in [2.24, 2.45) is 4.99 Å². The van der Waals surface area contributed by atoms with Crippen LogP contribution < -0.4 is 10.6 Å². The van der Waals surface area contributed by atoms with Crippen molar-refractivity contribution >= 4 is 17.3 Å². The number of thiazole rings is 1. The second kappa shape index (κ2) is 10.6. The van der Waals surface area contributed by atoms with E-state index in [0.29, 0.717) is 0 Å². The fourth-order valence-corrected chi connectivity index (χ4v) is 4.77. The molecule has 28 heavy (non-hydrogen) atoms. The highest BCUT2D eigenvalue weighted by Crippen LogP contribution is 2.24. The molecular weight excluding hydrogens is 370 g/mol. The van der Waals surface area contributed by atoms with Crippen LogP contribution in [0, 0.1) is 6.92 Å². The summed E-state index contributed by atoms with van der Waals surface area (Å²) in [6, 6.07) is 4.29. The summed E-state index contributed by atoms with van der Waals surface area (Å²) < 4.78 is 5.73. The Labute approximate surface area is 172 Å². The fourth-order valence-electron chi connectivity index (χ4n) is 3.74. The SMILES string of the molecule is CCc1nc(CCNC(=NC)NCC(c2ccco2)N2CCCCC2)sc1C. The van der Waals surface area contributed by atoms with Gasteiger partial charge in [0, 0.05) is 31.4 Å². The summed E-state index contributed by atoms with van der Waals surface area (Å²) in [7, 11) is 1.82. The summed E-state index contributed by atoms with van der Waals surface area (Å²) >= 11 is 1.80. The molecule has 3 rings (SSSR count). The van der Waals surface area contributed by atoms with Gasteiger partial charge >= 0.3 is 0 Å². The van der Waals surface area contributed by atoms with Crippen molar-refractivity contribution in [3.05, 3.63) is 39.7 Å². The van der Waals surface area contributed by atoms with Gasteiger partial charge < -0.3 is 15.1 Å². The first-order valence-electron chi connectivity index (χ1n) is 10.4. The summed E-state index contributed by atoms with van der Waals surface area (Å²) in [4.78, 5) is 13.0. The van der Waals surface area contributed by atoms with Gasteiger partial charge in [0.2, 0.25) is 0 Å². The highest BCUT2D eigenvalue weighted by atomic mass is 32.1. The molecule has 1 fully saturated rings. The monoisotopic (exact) mass is 403 g/mol. The van der Waals surface area contributed by atoms with Gasteiger partial charge in [-0.1, -0.05) is 13.3 Å². The summed E-state index contributed by atoms with van der Waals surface area (Å²) in [5, 5.41) is 8.11. The van der Waals surface area contributed by atoms with Crippen LogP contribution in [0.5, 0.6) is 0 Å². The first kappa shape index (κ1) is 20.9. The Hall–Kier alpha value is -1.86. The van der Waals surface area contributed by atoms with Crippen molar-refractivity contribution in [1.82, 2.24) is 20.5 Å². The third-order valence-corrected chi connectivity index (χ3v) is 6.37. The maximum atomic E-state index is 5.73. The van der Waals surface area contributed by atoms with Gasteiger partial charge in [-0.25, -0.2) is 4.98 Å². The number of rotatable bonds is 8. The van der Waals surface area contributed by atoms with Crippen molar-refractivity contribution in [2.75, 3.05) is 33.2 Å². The molecule has 0 amide bonds. The average molecular weight is 404 g/mol. The number of piperidine rings is 1. The van der Waals surface area contributed by atoms with Gasteiger partial charge in [0.25, 0.3) is 0 Å². The average Bonchev–Trinajstić information content (AvgIpc) is 3.37. The molecule has 0 aromatic carbocycles. The zero-order valence-electron chi connectivity index (χ0n) is 17.3. The molecule has 2 aromatic heterocycles. The Morgan fingerprint density at radius 3 is 2.79 bits per heavy atom. The van der Waals surface area contributed by atoms with E-state index in [1.807, 2.05) is 13.1 Å². The van der Waals surface area contributed by atoms with Gasteiger partial charge in [0.1, 0.15) is 5.76 Å². The first-order valence-corrected chi connectivity index (χ1v) is 11.2. The molecule has 1 atom stereocenters. The highest BCUT2D eigenvalue weighted by Gasteiger charge is 2.24. The van der Waals surface area contributed by atoms with Gasteiger partial charge in [-0.15, -0.1) is 11.3 Å². The van der Waals surface area contributed by atoms with E-state index in [4.69, 9.17) is 9.40 Å². The van der Waals surface area contributed by atoms with Crippen LogP contribution in [-0.4, -0.2) is 49.1 Å². The van der Waals surface area contributed by atoms with E-state index in [1.54, 1.807) is 17.6 Å². The molecule has 0 spiro atoms. The molecule has 2 aromatic rings. The lowest BCUT2D eigenvalue weighted by Crippen LogP contribution is -2.44. The molecule has 1 saturated heterocycles. The lowest BCUT2D eigenvalue weighted by atomic mass is 10.1. The number of nitrogens with one attached hydrogen (secondary N) is 2. The quantitative estimate of drug-likeness (QED) is 0.521. The molecule has 0 bridgehead atoms. The Bertz CT molecular complexity index is 734. The van der Waals surface area contributed by atoms with Gasteiger partial charge in [-0.2, -0.15) is 0 Å². The van der Waals surface area contributed by atoms with Crippen molar-refractivity contribution in [3.63, 3.8) is 0 Å². The van der Waals surface area contributed by atoms with E-state index < -0.39 is 0 Å². The Morgan fingerprint density at radius 2 is 2.14 bits per heavy atom. The standard InChI is InChI=1S/C21H33N5OS/c1-4-17-16(2)28-20(25-17)10-11-23-21(22-3)24-15-18(19-9-8-14-27-19)26-12-6-5-7-13-26/h8-9,14,18H,4-7,10-13,15H2,1-3H3,(H2,22,23,24). The first-order chi connectivity index (χ1) is 13.7. The summed E-state index contributed by atoms with van der Waals surface area (Å²) in [6.07, 6.45) is 7.53. The Kier molecular flexibility index (Phi) is 7.91. The number of aromatic nitrogens is 1. The predicted octanol–water partition coefficient (Wildman–Crippen LogP) is 3.54. The largest absolute Gasteiger partial charge is 0.468 e. The van der Waals surface area contributed by atoms with Crippen LogP contribution in [0.15, 0.2) is 27.8 Å². The molecule has 6 nitrogen and oxygen atoms in total. The van der Waals surface area contributed by atoms with E-state index in [-0.39, 0.29) is 6.04 Å². The molecule has 3 heterocycles. The van der Waals surface area contributed by atoms with Gasteiger partial charge in [-0.05, 0) is 51.4 Å². The van der Waals surface area contributed by atoms with Gasteiger partial charge in [-0.3, -0.25) is 9.89 Å². The predicted molar refractivity (Wildman–Crippen MR) is 116 cm³/mol. The lowest BCUT2D eigenvalue weighted by Gasteiger charge is -2.33. The minimum atomic E-state index is 0.238. The molecule has 0 saturated carbocycles. The number of hydrogen-bond donors (Lipinski definition) is 2. The second-order valence-corrected chi connectivity index (χ2v) is 8.51. The number of furan rings is 1. The molecule has 154 valence electrons. The summed E-state index contributed by atoms with van der Waals surface area (Å²) in [6.45, 7) is 8.18. The van der Waals surface area contributed by atoms with Crippen LogP contribution in [0.25, 0.3) is 0 Å². The molecule has 0 radical (unpaired) electrons. The number of aryl methyl sites for hydroxylation is 2. The van der Waals surface area contributed by atoms with Crippen LogP contribution in [0.4, 0.5) is 0 Å². The normalized spacial score (nSPS) is 16.9. The number of hydrogen-bond acceptors (Lipinski definition) is 5. The van der Waals surface area contributed by atoms with Crippen molar-refractivity contribution in [1.29, 1.82) is 0 Å². The van der Waals surface area contributed by atoms with E-state index in [0.717, 1.165) is 50.7 Å². The lowest BCUT2D eigenvalue weighted by molar-refractivity contribution is 0.146. The molecule has 1 unspecified atom stereocenters. The number of guanidine groups is 1. The second-order valence-electron chi connectivity index (χ2n) is 7.22. The van der Waals surface area contributed by atoms with Crippen LogP contribution in [0.3, 0.4) is 0 Å². The molecule has 7 heteroatoms. The molecule has 2 N–H and O–H groups in total. The minimum Gasteiger partial charge on any atom is -0.468 e. The molecule has 1 aliphatic rings. The smallest absolute Gasteiger partial charge is 0.191 e. The van der Waals surface area contributed by atoms with Crippen LogP contribution >= 0.6 is 11.3 Å².